The molecule has 0 unspecified atom stereocenters. The van der Waals surface area contributed by atoms with Gasteiger partial charge < -0.3 is 14.2 Å². The van der Waals surface area contributed by atoms with Crippen LogP contribution in [-0.4, -0.2) is 37.4 Å². The van der Waals surface area contributed by atoms with Gasteiger partial charge >= 0.3 is 0 Å². The molecule has 0 radical (unpaired) electrons. The lowest BCUT2D eigenvalue weighted by molar-refractivity contribution is 0.102. The molecule has 152 valence electrons. The van der Waals surface area contributed by atoms with E-state index in [9.17, 15) is 4.79 Å². The Morgan fingerprint density at radius 2 is 1.69 bits per heavy atom. The number of hydrogen-bond acceptors (Lipinski definition) is 8. The van der Waals surface area contributed by atoms with Crippen molar-refractivity contribution in [2.45, 2.75) is 17.0 Å². The maximum atomic E-state index is 12.6. The van der Waals surface area contributed by atoms with Crippen molar-refractivity contribution in [3.8, 4) is 17.2 Å². The molecule has 0 aliphatic heterocycles. The summed E-state index contributed by atoms with van der Waals surface area (Å²) in [6.45, 7) is 2.06. The molecule has 0 spiro atoms. The summed E-state index contributed by atoms with van der Waals surface area (Å²) >= 11 is 2.90. The fraction of sp³-hybridized carbons (Fsp3) is 0.250. The number of rotatable bonds is 8. The largest absolute Gasteiger partial charge is 0.493 e. The molecule has 0 fully saturated rings. The van der Waals surface area contributed by atoms with Gasteiger partial charge in [-0.1, -0.05) is 52.9 Å². The molecule has 0 aliphatic carbocycles. The molecular formula is C20H21N3O4S2. The van der Waals surface area contributed by atoms with E-state index in [0.717, 1.165) is 10.1 Å². The summed E-state index contributed by atoms with van der Waals surface area (Å²) in [7, 11) is 4.51. The standard InChI is InChI=1S/C20H21N3O4S2/c1-12-5-7-13(8-6-12)11-28-20-23-22-19(29-20)21-18(24)14-9-15(25-2)17(27-4)16(10-14)26-3/h5-10H,11H2,1-4H3,(H,21,22,24). The number of benzene rings is 2. The van der Waals surface area contributed by atoms with E-state index < -0.39 is 0 Å². The second kappa shape index (κ2) is 9.62. The molecule has 0 atom stereocenters. The Morgan fingerprint density at radius 3 is 2.28 bits per heavy atom. The normalized spacial score (nSPS) is 10.5. The van der Waals surface area contributed by atoms with Gasteiger partial charge in [0.1, 0.15) is 0 Å². The molecule has 1 heterocycles. The minimum atomic E-state index is -0.338. The first kappa shape index (κ1) is 20.9. The molecular weight excluding hydrogens is 410 g/mol. The highest BCUT2D eigenvalue weighted by Crippen LogP contribution is 2.38. The van der Waals surface area contributed by atoms with Gasteiger partial charge in [-0.15, -0.1) is 10.2 Å². The van der Waals surface area contributed by atoms with Crippen molar-refractivity contribution in [2.24, 2.45) is 0 Å². The topological polar surface area (TPSA) is 82.6 Å². The summed E-state index contributed by atoms with van der Waals surface area (Å²) in [6.07, 6.45) is 0. The number of nitrogens with one attached hydrogen (secondary N) is 1. The lowest BCUT2D eigenvalue weighted by Gasteiger charge is -2.13. The summed E-state index contributed by atoms with van der Waals surface area (Å²) < 4.78 is 16.6. The average Bonchev–Trinajstić information content (AvgIpc) is 3.19. The van der Waals surface area contributed by atoms with Crippen LogP contribution in [0.3, 0.4) is 0 Å². The van der Waals surface area contributed by atoms with Crippen molar-refractivity contribution in [1.29, 1.82) is 0 Å². The quantitative estimate of drug-likeness (QED) is 0.418. The van der Waals surface area contributed by atoms with Crippen LogP contribution >= 0.6 is 23.1 Å². The summed E-state index contributed by atoms with van der Waals surface area (Å²) in [4.78, 5) is 12.6. The fourth-order valence-corrected chi connectivity index (χ4v) is 4.23. The minimum Gasteiger partial charge on any atom is -0.493 e. The number of ether oxygens (including phenoxy) is 3. The molecule has 0 saturated carbocycles. The summed E-state index contributed by atoms with van der Waals surface area (Å²) in [5, 5.41) is 11.4. The van der Waals surface area contributed by atoms with E-state index in [1.165, 1.54) is 43.8 Å². The molecule has 3 rings (SSSR count). The third-order valence-corrected chi connectivity index (χ3v) is 6.08. The Morgan fingerprint density at radius 1 is 1.03 bits per heavy atom. The summed E-state index contributed by atoms with van der Waals surface area (Å²) in [5.74, 6) is 1.69. The maximum Gasteiger partial charge on any atom is 0.257 e. The van der Waals surface area contributed by atoms with Gasteiger partial charge in [-0.2, -0.15) is 0 Å². The highest BCUT2D eigenvalue weighted by molar-refractivity contribution is 8.00. The zero-order chi connectivity index (χ0) is 20.8. The van der Waals surface area contributed by atoms with Crippen LogP contribution in [0.25, 0.3) is 0 Å². The monoisotopic (exact) mass is 431 g/mol. The van der Waals surface area contributed by atoms with Crippen LogP contribution in [0, 0.1) is 6.92 Å². The minimum absolute atomic E-state index is 0.338. The van der Waals surface area contributed by atoms with Crippen molar-refractivity contribution in [3.05, 3.63) is 53.1 Å². The summed E-state index contributed by atoms with van der Waals surface area (Å²) in [6, 6.07) is 11.5. The van der Waals surface area contributed by atoms with Crippen LogP contribution in [-0.2, 0) is 5.75 Å². The molecule has 29 heavy (non-hydrogen) atoms. The Bertz CT molecular complexity index is 965. The van der Waals surface area contributed by atoms with Crippen LogP contribution < -0.4 is 19.5 Å². The Kier molecular flexibility index (Phi) is 6.95. The van der Waals surface area contributed by atoms with E-state index in [2.05, 4.69) is 46.7 Å². The number of anilines is 1. The number of carbonyl (C=O) groups excluding carboxylic acids is 1. The van der Waals surface area contributed by atoms with E-state index >= 15 is 0 Å². The van der Waals surface area contributed by atoms with Gasteiger partial charge in [0.15, 0.2) is 15.8 Å². The highest BCUT2D eigenvalue weighted by Gasteiger charge is 2.18. The van der Waals surface area contributed by atoms with Crippen LogP contribution in [0.2, 0.25) is 0 Å². The first-order chi connectivity index (χ1) is 14.0. The Labute approximate surface area is 177 Å². The molecule has 3 aromatic rings. The Balaban J connectivity index is 1.67. The molecule has 0 aliphatic rings. The third kappa shape index (κ3) is 5.18. The van der Waals surface area contributed by atoms with Crippen molar-refractivity contribution in [1.82, 2.24) is 10.2 Å². The van der Waals surface area contributed by atoms with Gasteiger partial charge in [0.2, 0.25) is 10.9 Å². The van der Waals surface area contributed by atoms with Gasteiger partial charge in [0.05, 0.1) is 21.3 Å². The number of carbonyl (C=O) groups is 1. The van der Waals surface area contributed by atoms with Crippen molar-refractivity contribution < 1.29 is 19.0 Å². The van der Waals surface area contributed by atoms with Gasteiger partial charge in [0.25, 0.3) is 5.91 Å². The number of aryl methyl sites for hydroxylation is 1. The van der Waals surface area contributed by atoms with E-state index in [-0.39, 0.29) is 5.91 Å². The lowest BCUT2D eigenvalue weighted by atomic mass is 10.1. The fourth-order valence-electron chi connectivity index (χ4n) is 2.53. The third-order valence-electron chi connectivity index (χ3n) is 4.04. The number of aromatic nitrogens is 2. The first-order valence-electron chi connectivity index (χ1n) is 8.67. The zero-order valence-corrected chi connectivity index (χ0v) is 18.1. The smallest absolute Gasteiger partial charge is 0.257 e. The van der Waals surface area contributed by atoms with Gasteiger partial charge in [-0.3, -0.25) is 10.1 Å². The van der Waals surface area contributed by atoms with Crippen LogP contribution in [0.5, 0.6) is 17.2 Å². The van der Waals surface area contributed by atoms with Crippen LogP contribution in [0.15, 0.2) is 40.7 Å². The Hall–Kier alpha value is -2.78. The lowest BCUT2D eigenvalue weighted by Crippen LogP contribution is -2.12. The number of nitrogens with zero attached hydrogens (tertiary/aromatic N) is 2. The zero-order valence-electron chi connectivity index (χ0n) is 16.5. The van der Waals surface area contributed by atoms with Gasteiger partial charge in [-0.25, -0.2) is 0 Å². The molecule has 2 aromatic carbocycles. The van der Waals surface area contributed by atoms with Crippen LogP contribution in [0.1, 0.15) is 21.5 Å². The van der Waals surface area contributed by atoms with Crippen molar-refractivity contribution in [2.75, 3.05) is 26.6 Å². The molecule has 7 nitrogen and oxygen atoms in total. The molecule has 0 bridgehead atoms. The number of methoxy groups -OCH3 is 3. The van der Waals surface area contributed by atoms with Gasteiger partial charge in [-0.05, 0) is 24.6 Å². The summed E-state index contributed by atoms with van der Waals surface area (Å²) in [5.41, 5.74) is 2.80. The second-order valence-corrected chi connectivity index (χ2v) is 8.22. The molecule has 1 N–H and O–H groups in total. The first-order valence-corrected chi connectivity index (χ1v) is 10.5. The number of hydrogen-bond donors (Lipinski definition) is 1. The average molecular weight is 432 g/mol. The molecule has 0 saturated heterocycles. The van der Waals surface area contributed by atoms with Crippen molar-refractivity contribution >= 4 is 34.1 Å². The number of amides is 1. The highest BCUT2D eigenvalue weighted by atomic mass is 32.2. The van der Waals surface area contributed by atoms with Crippen molar-refractivity contribution in [3.63, 3.8) is 0 Å². The molecule has 9 heteroatoms. The van der Waals surface area contributed by atoms with E-state index in [0.29, 0.717) is 27.9 Å². The molecule has 1 aromatic heterocycles. The van der Waals surface area contributed by atoms with Gasteiger partial charge in [0, 0.05) is 11.3 Å². The van der Waals surface area contributed by atoms with E-state index in [1.54, 1.807) is 23.9 Å². The predicted octanol–water partition coefficient (Wildman–Crippen LogP) is 4.42. The SMILES string of the molecule is COc1cc(C(=O)Nc2nnc(SCc3ccc(C)cc3)s2)cc(OC)c1OC. The second-order valence-electron chi connectivity index (χ2n) is 6.02. The van der Waals surface area contributed by atoms with E-state index in [1.807, 2.05) is 0 Å². The maximum absolute atomic E-state index is 12.6. The van der Waals surface area contributed by atoms with Crippen LogP contribution in [0.4, 0.5) is 5.13 Å². The predicted molar refractivity (Wildman–Crippen MR) is 115 cm³/mol. The number of thioether (sulfide) groups is 1. The molecule has 1 amide bonds. The van der Waals surface area contributed by atoms with E-state index in [4.69, 9.17) is 14.2 Å².